The van der Waals surface area contributed by atoms with Gasteiger partial charge in [0.25, 0.3) is 0 Å². The van der Waals surface area contributed by atoms with E-state index >= 15 is 0 Å². The van der Waals surface area contributed by atoms with Crippen LogP contribution in [0.1, 0.15) is 64.0 Å². The molecule has 1 aromatic carbocycles. The van der Waals surface area contributed by atoms with Gasteiger partial charge in [-0.2, -0.15) is 0 Å². The number of anilines is 1. The molecule has 0 saturated carbocycles. The Bertz CT molecular complexity index is 1440. The number of ether oxygens (including phenoxy) is 1. The molecule has 2 fully saturated rings. The third kappa shape index (κ3) is 8.03. The minimum atomic E-state index is -0.568. The molecule has 2 amide bonds. The fourth-order valence-electron chi connectivity index (χ4n) is 6.03. The van der Waals surface area contributed by atoms with Crippen molar-refractivity contribution in [3.63, 3.8) is 0 Å². The van der Waals surface area contributed by atoms with E-state index in [1.807, 2.05) is 53.1 Å². The van der Waals surface area contributed by atoms with Gasteiger partial charge in [0, 0.05) is 57.9 Å². The number of piperazine rings is 1. The van der Waals surface area contributed by atoms with Gasteiger partial charge in [0.2, 0.25) is 5.91 Å². The number of aliphatic hydroxyl groups excluding tert-OH is 1. The van der Waals surface area contributed by atoms with Crippen LogP contribution in [-0.2, 0) is 16.1 Å². The Morgan fingerprint density at radius 2 is 1.87 bits per heavy atom. The molecule has 0 bridgehead atoms. The fraction of sp³-hybridized carbons (Fsp3) is 0.576. The molecule has 3 aromatic rings. The Kier molecular flexibility index (Phi) is 10.1. The maximum absolute atomic E-state index is 14.0. The van der Waals surface area contributed by atoms with Crippen LogP contribution < -0.4 is 10.2 Å². The lowest BCUT2D eigenvalue weighted by molar-refractivity contribution is -0.135. The van der Waals surface area contributed by atoms with E-state index in [2.05, 4.69) is 44.6 Å². The van der Waals surface area contributed by atoms with E-state index < -0.39 is 17.6 Å². The summed E-state index contributed by atoms with van der Waals surface area (Å²) in [6.07, 6.45) is -0.358. The second kappa shape index (κ2) is 13.9. The van der Waals surface area contributed by atoms with Crippen molar-refractivity contribution in [1.29, 1.82) is 0 Å². The van der Waals surface area contributed by atoms with Crippen molar-refractivity contribution >= 4 is 29.2 Å². The van der Waals surface area contributed by atoms with Gasteiger partial charge < -0.3 is 34.4 Å². The molecule has 0 aliphatic carbocycles. The quantitative estimate of drug-likeness (QED) is 0.345. The number of aryl methyl sites for hydroxylation is 1. The number of aliphatic hydroxyl groups is 1. The second-order valence-corrected chi connectivity index (χ2v) is 14.2. The summed E-state index contributed by atoms with van der Waals surface area (Å²) < 4.78 is 11.3. The number of hydrogen-bond acceptors (Lipinski definition) is 10. The first-order valence-corrected chi connectivity index (χ1v) is 16.7. The number of nitrogens with zero attached hydrogens (tertiary/aromatic N) is 5. The Morgan fingerprint density at radius 1 is 1.16 bits per heavy atom. The van der Waals surface area contributed by atoms with Gasteiger partial charge in [0.15, 0.2) is 11.6 Å². The molecule has 1 unspecified atom stereocenters. The number of carbonyl (C=O) groups excluding carboxylic acids is 2. The third-order valence-electron chi connectivity index (χ3n) is 8.36. The van der Waals surface area contributed by atoms with Crippen LogP contribution in [0.5, 0.6) is 0 Å². The van der Waals surface area contributed by atoms with Crippen molar-refractivity contribution in [3.8, 4) is 10.4 Å². The number of benzene rings is 1. The van der Waals surface area contributed by atoms with Crippen molar-refractivity contribution in [3.05, 3.63) is 52.9 Å². The molecular weight excluding hydrogens is 592 g/mol. The molecule has 2 N–H and O–H groups in total. The van der Waals surface area contributed by atoms with E-state index in [1.165, 1.54) is 4.88 Å². The van der Waals surface area contributed by atoms with E-state index in [9.17, 15) is 14.7 Å². The molecule has 45 heavy (non-hydrogen) atoms. The van der Waals surface area contributed by atoms with Gasteiger partial charge in [0.05, 0.1) is 22.2 Å². The summed E-state index contributed by atoms with van der Waals surface area (Å²) in [6, 6.07) is 10.2. The lowest BCUT2D eigenvalue weighted by Gasteiger charge is -2.35. The largest absolute Gasteiger partial charge is 0.444 e. The molecule has 5 rings (SSSR count). The van der Waals surface area contributed by atoms with Gasteiger partial charge in [0.1, 0.15) is 11.5 Å². The SMILES string of the molecule is Cc1ncsc1-c1ccc(CNCC2C[C@@H](O)CN2C(=O)[C@@H](c2cc(N3CCN(C(=O)OC(C)(C)C)CC3)no2)C(C)C)cc1. The number of rotatable bonds is 9. The zero-order chi connectivity index (χ0) is 32.3. The Labute approximate surface area is 269 Å². The number of carbonyl (C=O) groups is 2. The molecule has 0 spiro atoms. The average Bonchev–Trinajstić information content (AvgIpc) is 3.73. The van der Waals surface area contributed by atoms with Gasteiger partial charge in [-0.25, -0.2) is 9.78 Å². The summed E-state index contributed by atoms with van der Waals surface area (Å²) in [4.78, 5) is 37.6. The summed E-state index contributed by atoms with van der Waals surface area (Å²) in [6.45, 7) is 15.3. The van der Waals surface area contributed by atoms with Crippen LogP contribution in [0.2, 0.25) is 0 Å². The van der Waals surface area contributed by atoms with Gasteiger partial charge >= 0.3 is 6.09 Å². The monoisotopic (exact) mass is 638 g/mol. The second-order valence-electron chi connectivity index (χ2n) is 13.4. The molecule has 4 heterocycles. The normalized spacial score (nSPS) is 19.8. The Hall–Kier alpha value is -3.48. The number of nitrogens with one attached hydrogen (secondary N) is 1. The van der Waals surface area contributed by atoms with Crippen molar-refractivity contribution < 1.29 is 24.0 Å². The van der Waals surface area contributed by atoms with Crippen molar-refractivity contribution in [2.24, 2.45) is 5.92 Å². The highest BCUT2D eigenvalue weighted by Crippen LogP contribution is 2.33. The molecule has 0 radical (unpaired) electrons. The zero-order valence-corrected chi connectivity index (χ0v) is 28.0. The van der Waals surface area contributed by atoms with Crippen LogP contribution in [0.25, 0.3) is 10.4 Å². The van der Waals surface area contributed by atoms with E-state index in [4.69, 9.17) is 9.26 Å². The number of likely N-dealkylation sites (tertiary alicyclic amines) is 1. The zero-order valence-electron chi connectivity index (χ0n) is 27.2. The topological polar surface area (TPSA) is 124 Å². The van der Waals surface area contributed by atoms with Crippen LogP contribution >= 0.6 is 11.3 Å². The first-order valence-electron chi connectivity index (χ1n) is 15.8. The van der Waals surface area contributed by atoms with Crippen LogP contribution in [-0.4, -0.2) is 94.1 Å². The maximum atomic E-state index is 14.0. The summed E-state index contributed by atoms with van der Waals surface area (Å²) in [5.41, 5.74) is 4.68. The van der Waals surface area contributed by atoms with Gasteiger partial charge in [-0.1, -0.05) is 43.3 Å². The van der Waals surface area contributed by atoms with Gasteiger partial charge in [-0.05, 0) is 51.2 Å². The Balaban J connectivity index is 1.18. The summed E-state index contributed by atoms with van der Waals surface area (Å²) in [5.74, 6) is 0.557. The van der Waals surface area contributed by atoms with Crippen molar-refractivity contribution in [2.45, 2.75) is 78.2 Å². The lowest BCUT2D eigenvalue weighted by atomic mass is 9.91. The van der Waals surface area contributed by atoms with Crippen molar-refractivity contribution in [1.82, 2.24) is 25.3 Å². The standard InChI is InChI=1S/C33H46N6O5S/c1-21(2)29(27-16-28(36-44-27)37-11-13-38(14-12-37)32(42)43-33(4,5)6)31(41)39-19-26(40)15-25(39)18-34-17-23-7-9-24(10-8-23)30-22(3)35-20-45-30/h7-10,16,20-21,25-26,29,34,40H,11-15,17-19H2,1-6H3/t25?,26-,29-/m1/s1. The molecule has 244 valence electrons. The summed E-state index contributed by atoms with van der Waals surface area (Å²) >= 11 is 1.64. The lowest BCUT2D eigenvalue weighted by Crippen LogP contribution is -2.50. The van der Waals surface area contributed by atoms with Crippen LogP contribution in [0.3, 0.4) is 0 Å². The molecule has 2 aliphatic rings. The smallest absolute Gasteiger partial charge is 0.410 e. The highest BCUT2D eigenvalue weighted by molar-refractivity contribution is 7.13. The summed E-state index contributed by atoms with van der Waals surface area (Å²) in [5, 5.41) is 18.4. The predicted molar refractivity (Wildman–Crippen MR) is 174 cm³/mol. The minimum absolute atomic E-state index is 0.0330. The van der Waals surface area contributed by atoms with E-state index in [-0.39, 0.29) is 24.0 Å². The first kappa shape index (κ1) is 32.9. The van der Waals surface area contributed by atoms with Crippen LogP contribution in [0, 0.1) is 12.8 Å². The number of aromatic nitrogens is 2. The number of β-amino-alcohol motifs (C(OH)–C–C–N with tert-alkyl or cyclic N) is 1. The average molecular weight is 639 g/mol. The predicted octanol–water partition coefficient (Wildman–Crippen LogP) is 4.65. The molecule has 2 aromatic heterocycles. The molecule has 12 heteroatoms. The number of amides is 2. The van der Waals surface area contributed by atoms with Crippen molar-refractivity contribution in [2.75, 3.05) is 44.2 Å². The molecular formula is C33H46N6O5S. The number of hydrogen-bond donors (Lipinski definition) is 2. The molecule has 2 saturated heterocycles. The van der Waals surface area contributed by atoms with E-state index in [0.717, 1.165) is 16.8 Å². The van der Waals surface area contributed by atoms with E-state index in [0.29, 0.717) is 63.8 Å². The highest BCUT2D eigenvalue weighted by atomic mass is 32.1. The molecule has 11 nitrogen and oxygen atoms in total. The molecule has 3 atom stereocenters. The van der Waals surface area contributed by atoms with Gasteiger partial charge in [-0.3, -0.25) is 4.79 Å². The first-order chi connectivity index (χ1) is 21.4. The van der Waals surface area contributed by atoms with E-state index in [1.54, 1.807) is 21.1 Å². The number of thiazole rings is 1. The third-order valence-corrected chi connectivity index (χ3v) is 9.33. The minimum Gasteiger partial charge on any atom is -0.444 e. The Morgan fingerprint density at radius 3 is 2.49 bits per heavy atom. The summed E-state index contributed by atoms with van der Waals surface area (Å²) in [7, 11) is 0. The van der Waals surface area contributed by atoms with Crippen LogP contribution in [0.4, 0.5) is 10.6 Å². The van der Waals surface area contributed by atoms with Gasteiger partial charge in [-0.15, -0.1) is 11.3 Å². The highest BCUT2D eigenvalue weighted by Gasteiger charge is 2.40. The van der Waals surface area contributed by atoms with Crippen LogP contribution in [0.15, 0.2) is 40.4 Å². The fourth-order valence-corrected chi connectivity index (χ4v) is 6.84. The maximum Gasteiger partial charge on any atom is 0.410 e. The molecule has 2 aliphatic heterocycles.